The van der Waals surface area contributed by atoms with E-state index in [-0.39, 0.29) is 17.6 Å². The Morgan fingerprint density at radius 3 is 2.83 bits per heavy atom. The van der Waals surface area contributed by atoms with Gasteiger partial charge in [-0.2, -0.15) is 10.2 Å². The van der Waals surface area contributed by atoms with Gasteiger partial charge in [0.2, 0.25) is 5.95 Å². The van der Waals surface area contributed by atoms with E-state index in [4.69, 9.17) is 16.7 Å². The summed E-state index contributed by atoms with van der Waals surface area (Å²) in [6.45, 7) is 1.56. The van der Waals surface area contributed by atoms with Crippen molar-refractivity contribution in [2.45, 2.75) is 18.9 Å². The predicted octanol–water partition coefficient (Wildman–Crippen LogP) is 1.66. The molecular formula is C16H17FN6. The molecule has 23 heavy (non-hydrogen) atoms. The van der Waals surface area contributed by atoms with Crippen LogP contribution in [0.3, 0.4) is 0 Å². The van der Waals surface area contributed by atoms with Crippen LogP contribution in [0.1, 0.15) is 18.4 Å². The number of nitriles is 1. The van der Waals surface area contributed by atoms with Crippen LogP contribution in [0.25, 0.3) is 11.3 Å². The van der Waals surface area contributed by atoms with Crippen molar-refractivity contribution < 1.29 is 4.39 Å². The van der Waals surface area contributed by atoms with Gasteiger partial charge in [-0.05, 0) is 25.0 Å². The SMILES string of the molecule is N#Cc1ccc(-c2cc(N3CCC[C@@H](N)C3)nc(N)n2)cc1F. The normalized spacial score (nSPS) is 17.8. The molecule has 1 atom stereocenters. The molecule has 1 aliphatic heterocycles. The van der Waals surface area contributed by atoms with Crippen molar-refractivity contribution in [3.8, 4) is 17.3 Å². The largest absolute Gasteiger partial charge is 0.368 e. The quantitative estimate of drug-likeness (QED) is 0.874. The second-order valence-electron chi connectivity index (χ2n) is 5.62. The number of nitrogen functional groups attached to an aromatic ring is 1. The number of nitrogens with two attached hydrogens (primary N) is 2. The molecular weight excluding hydrogens is 295 g/mol. The molecule has 7 heteroatoms. The Labute approximate surface area is 133 Å². The molecule has 118 valence electrons. The topological polar surface area (TPSA) is 105 Å². The standard InChI is InChI=1S/C16H17FN6/c17-13-6-10(3-4-11(13)8-18)14-7-15(22-16(20)21-14)23-5-1-2-12(19)9-23/h3-4,6-7,12H,1-2,5,9,19H2,(H2,20,21,22)/t12-/m1/s1. The maximum absolute atomic E-state index is 13.8. The van der Waals surface area contributed by atoms with Crippen LogP contribution in [0.2, 0.25) is 0 Å². The number of hydrogen-bond acceptors (Lipinski definition) is 6. The minimum Gasteiger partial charge on any atom is -0.368 e. The third kappa shape index (κ3) is 3.22. The van der Waals surface area contributed by atoms with Gasteiger partial charge in [-0.15, -0.1) is 0 Å². The minimum atomic E-state index is -0.580. The zero-order chi connectivity index (χ0) is 16.4. The molecule has 1 fully saturated rings. The summed E-state index contributed by atoms with van der Waals surface area (Å²) in [5, 5.41) is 8.81. The van der Waals surface area contributed by atoms with Crippen molar-refractivity contribution >= 4 is 11.8 Å². The molecule has 2 heterocycles. The van der Waals surface area contributed by atoms with Crippen LogP contribution >= 0.6 is 0 Å². The second-order valence-corrected chi connectivity index (χ2v) is 5.62. The van der Waals surface area contributed by atoms with Gasteiger partial charge in [0.15, 0.2) is 0 Å². The first kappa shape index (κ1) is 15.2. The highest BCUT2D eigenvalue weighted by Gasteiger charge is 2.19. The Bertz CT molecular complexity index is 770. The molecule has 0 spiro atoms. The molecule has 1 aromatic carbocycles. The lowest BCUT2D eigenvalue weighted by Gasteiger charge is -2.31. The summed E-state index contributed by atoms with van der Waals surface area (Å²) in [6, 6.07) is 8.04. The number of rotatable bonds is 2. The molecule has 1 aliphatic rings. The van der Waals surface area contributed by atoms with Gasteiger partial charge < -0.3 is 16.4 Å². The molecule has 3 rings (SSSR count). The smallest absolute Gasteiger partial charge is 0.222 e. The van der Waals surface area contributed by atoms with E-state index >= 15 is 0 Å². The molecule has 4 N–H and O–H groups in total. The number of anilines is 2. The third-order valence-electron chi connectivity index (χ3n) is 3.90. The third-order valence-corrected chi connectivity index (χ3v) is 3.90. The highest BCUT2D eigenvalue weighted by atomic mass is 19.1. The van der Waals surface area contributed by atoms with Crippen LogP contribution in [-0.4, -0.2) is 29.1 Å². The molecule has 0 aliphatic carbocycles. The zero-order valence-electron chi connectivity index (χ0n) is 12.5. The Hall–Kier alpha value is -2.72. The summed E-state index contributed by atoms with van der Waals surface area (Å²) in [6.07, 6.45) is 1.98. The summed E-state index contributed by atoms with van der Waals surface area (Å²) in [5.41, 5.74) is 12.9. The van der Waals surface area contributed by atoms with Gasteiger partial charge in [-0.3, -0.25) is 0 Å². The maximum atomic E-state index is 13.8. The van der Waals surface area contributed by atoms with Crippen LogP contribution in [0.5, 0.6) is 0 Å². The van der Waals surface area contributed by atoms with Crippen molar-refractivity contribution in [3.63, 3.8) is 0 Å². The summed E-state index contributed by atoms with van der Waals surface area (Å²) in [4.78, 5) is 10.5. The molecule has 0 amide bonds. The average molecular weight is 312 g/mol. The summed E-state index contributed by atoms with van der Waals surface area (Å²) >= 11 is 0. The van der Waals surface area contributed by atoms with Crippen molar-refractivity contribution in [1.29, 1.82) is 5.26 Å². The van der Waals surface area contributed by atoms with Gasteiger partial charge in [0.1, 0.15) is 17.7 Å². The summed E-state index contributed by atoms with van der Waals surface area (Å²) < 4.78 is 13.8. The highest BCUT2D eigenvalue weighted by molar-refractivity contribution is 5.65. The second kappa shape index (κ2) is 6.18. The molecule has 1 aromatic heterocycles. The van der Waals surface area contributed by atoms with E-state index in [9.17, 15) is 4.39 Å². The lowest BCUT2D eigenvalue weighted by Crippen LogP contribution is -2.43. The highest BCUT2D eigenvalue weighted by Crippen LogP contribution is 2.25. The molecule has 0 bridgehead atoms. The van der Waals surface area contributed by atoms with E-state index in [1.54, 1.807) is 18.2 Å². The predicted molar refractivity (Wildman–Crippen MR) is 86.0 cm³/mol. The number of nitrogens with zero attached hydrogens (tertiary/aromatic N) is 4. The molecule has 0 unspecified atom stereocenters. The Balaban J connectivity index is 1.97. The molecule has 0 radical (unpaired) electrons. The number of aromatic nitrogens is 2. The monoisotopic (exact) mass is 312 g/mol. The van der Waals surface area contributed by atoms with E-state index in [2.05, 4.69) is 14.9 Å². The van der Waals surface area contributed by atoms with Crippen LogP contribution < -0.4 is 16.4 Å². The van der Waals surface area contributed by atoms with Gasteiger partial charge in [-0.25, -0.2) is 9.37 Å². The molecule has 0 saturated carbocycles. The fraction of sp³-hybridized carbons (Fsp3) is 0.312. The first-order valence-corrected chi connectivity index (χ1v) is 7.42. The zero-order valence-corrected chi connectivity index (χ0v) is 12.5. The minimum absolute atomic E-state index is 0.00185. The van der Waals surface area contributed by atoms with Crippen molar-refractivity contribution in [2.24, 2.45) is 5.73 Å². The Morgan fingerprint density at radius 2 is 2.13 bits per heavy atom. The van der Waals surface area contributed by atoms with E-state index in [0.29, 0.717) is 23.6 Å². The summed E-state index contributed by atoms with van der Waals surface area (Å²) in [5.74, 6) is 0.234. The first-order valence-electron chi connectivity index (χ1n) is 7.42. The number of halogens is 1. The van der Waals surface area contributed by atoms with Gasteiger partial charge in [0, 0.05) is 30.8 Å². The number of benzene rings is 1. The Kier molecular flexibility index (Phi) is 4.08. The fourth-order valence-corrected chi connectivity index (χ4v) is 2.75. The van der Waals surface area contributed by atoms with Gasteiger partial charge in [0.25, 0.3) is 0 Å². The maximum Gasteiger partial charge on any atom is 0.222 e. The van der Waals surface area contributed by atoms with E-state index < -0.39 is 5.82 Å². The Morgan fingerprint density at radius 1 is 1.30 bits per heavy atom. The van der Waals surface area contributed by atoms with Crippen LogP contribution in [0.4, 0.5) is 16.2 Å². The van der Waals surface area contributed by atoms with Gasteiger partial charge in [-0.1, -0.05) is 6.07 Å². The molecule has 6 nitrogen and oxygen atoms in total. The van der Waals surface area contributed by atoms with Crippen LogP contribution in [0, 0.1) is 17.1 Å². The molecule has 2 aromatic rings. The van der Waals surface area contributed by atoms with E-state index in [1.165, 1.54) is 12.1 Å². The lowest BCUT2D eigenvalue weighted by atomic mass is 10.1. The van der Waals surface area contributed by atoms with Crippen LogP contribution in [-0.2, 0) is 0 Å². The average Bonchev–Trinajstić information content (AvgIpc) is 2.54. The van der Waals surface area contributed by atoms with Gasteiger partial charge in [0.05, 0.1) is 11.3 Å². The van der Waals surface area contributed by atoms with Crippen LogP contribution in [0.15, 0.2) is 24.3 Å². The van der Waals surface area contributed by atoms with Gasteiger partial charge >= 0.3 is 0 Å². The van der Waals surface area contributed by atoms with E-state index in [1.807, 2.05) is 0 Å². The van der Waals surface area contributed by atoms with E-state index in [0.717, 1.165) is 19.4 Å². The van der Waals surface area contributed by atoms with Crippen molar-refractivity contribution in [1.82, 2.24) is 9.97 Å². The molecule has 1 saturated heterocycles. The summed E-state index contributed by atoms with van der Waals surface area (Å²) in [7, 11) is 0. The first-order chi connectivity index (χ1) is 11.1. The lowest BCUT2D eigenvalue weighted by molar-refractivity contribution is 0.503. The van der Waals surface area contributed by atoms with Crippen molar-refractivity contribution in [3.05, 3.63) is 35.6 Å². The fourth-order valence-electron chi connectivity index (χ4n) is 2.75. The van der Waals surface area contributed by atoms with Crippen molar-refractivity contribution in [2.75, 3.05) is 23.7 Å². The number of hydrogen-bond donors (Lipinski definition) is 2. The number of piperidine rings is 1.